The third-order valence-electron chi connectivity index (χ3n) is 2.64. The molecule has 0 saturated carbocycles. The van der Waals surface area contributed by atoms with Crippen LogP contribution in [0.4, 0.5) is 4.39 Å². The van der Waals surface area contributed by atoms with Crippen molar-refractivity contribution in [2.45, 2.75) is 25.8 Å². The van der Waals surface area contributed by atoms with Crippen molar-refractivity contribution in [3.8, 4) is 5.75 Å². The average molecular weight is 195 g/mol. The Bertz CT molecular complexity index is 351. The predicted octanol–water partition coefficient (Wildman–Crippen LogP) is 2.17. The zero-order valence-electron chi connectivity index (χ0n) is 8.22. The van der Waals surface area contributed by atoms with Crippen LogP contribution in [0.3, 0.4) is 0 Å². The van der Waals surface area contributed by atoms with E-state index in [0.29, 0.717) is 12.2 Å². The molecule has 1 aromatic carbocycles. The van der Waals surface area contributed by atoms with Crippen molar-refractivity contribution < 1.29 is 9.13 Å². The van der Waals surface area contributed by atoms with Gasteiger partial charge in [0.2, 0.25) is 0 Å². The van der Waals surface area contributed by atoms with E-state index in [-0.39, 0.29) is 11.9 Å². The van der Waals surface area contributed by atoms with Gasteiger partial charge in [-0.3, -0.25) is 0 Å². The van der Waals surface area contributed by atoms with Gasteiger partial charge in [0.25, 0.3) is 0 Å². The summed E-state index contributed by atoms with van der Waals surface area (Å²) in [5, 5.41) is 0. The Morgan fingerprint density at radius 1 is 1.57 bits per heavy atom. The maximum Gasteiger partial charge on any atom is 0.128 e. The normalized spacial score (nSPS) is 19.5. The van der Waals surface area contributed by atoms with Crippen molar-refractivity contribution in [3.05, 3.63) is 29.1 Å². The molecule has 2 N–H and O–H groups in total. The average Bonchev–Trinajstić information content (AvgIpc) is 2.54. The first-order valence-electron chi connectivity index (χ1n) is 4.93. The number of benzene rings is 1. The minimum atomic E-state index is -0.201. The van der Waals surface area contributed by atoms with Crippen molar-refractivity contribution in [3.63, 3.8) is 0 Å². The zero-order chi connectivity index (χ0) is 10.1. The highest BCUT2D eigenvalue weighted by atomic mass is 19.1. The summed E-state index contributed by atoms with van der Waals surface area (Å²) < 4.78 is 18.9. The number of fused-ring (bicyclic) bond motifs is 1. The SMILES string of the molecule is CCOc1ccc(F)c2c1CC[C@H]2N. The summed E-state index contributed by atoms with van der Waals surface area (Å²) in [5.41, 5.74) is 7.42. The Balaban J connectivity index is 2.47. The van der Waals surface area contributed by atoms with Crippen molar-refractivity contribution in [2.75, 3.05) is 6.61 Å². The number of ether oxygens (including phenoxy) is 1. The Morgan fingerprint density at radius 2 is 2.36 bits per heavy atom. The summed E-state index contributed by atoms with van der Waals surface area (Å²) in [7, 11) is 0. The van der Waals surface area contributed by atoms with Gasteiger partial charge >= 0.3 is 0 Å². The minimum absolute atomic E-state index is 0.162. The molecule has 76 valence electrons. The predicted molar refractivity (Wildman–Crippen MR) is 52.8 cm³/mol. The molecule has 1 aliphatic carbocycles. The topological polar surface area (TPSA) is 35.2 Å². The first kappa shape index (κ1) is 9.46. The van der Waals surface area contributed by atoms with Crippen LogP contribution in [-0.2, 0) is 6.42 Å². The van der Waals surface area contributed by atoms with Crippen molar-refractivity contribution >= 4 is 0 Å². The van der Waals surface area contributed by atoms with Gasteiger partial charge in [0.1, 0.15) is 11.6 Å². The summed E-state index contributed by atoms with van der Waals surface area (Å²) in [6, 6.07) is 2.97. The molecule has 3 heteroatoms. The number of nitrogens with two attached hydrogens (primary N) is 1. The molecule has 0 heterocycles. The molecular formula is C11H14FNO. The molecule has 1 aliphatic rings. The van der Waals surface area contributed by atoms with Crippen LogP contribution in [0.5, 0.6) is 5.75 Å². The third kappa shape index (κ3) is 1.38. The Hall–Kier alpha value is -1.09. The lowest BCUT2D eigenvalue weighted by molar-refractivity contribution is 0.336. The summed E-state index contributed by atoms with van der Waals surface area (Å²) >= 11 is 0. The number of hydrogen-bond donors (Lipinski definition) is 1. The van der Waals surface area contributed by atoms with Gasteiger partial charge < -0.3 is 10.5 Å². The lowest BCUT2D eigenvalue weighted by Crippen LogP contribution is -2.08. The largest absolute Gasteiger partial charge is 0.494 e. The molecule has 1 atom stereocenters. The maximum absolute atomic E-state index is 13.4. The molecule has 2 rings (SSSR count). The van der Waals surface area contributed by atoms with E-state index < -0.39 is 0 Å². The fraction of sp³-hybridized carbons (Fsp3) is 0.455. The van der Waals surface area contributed by atoms with Gasteiger partial charge in [-0.2, -0.15) is 0 Å². The molecule has 0 amide bonds. The fourth-order valence-corrected chi connectivity index (χ4v) is 2.01. The molecule has 0 aromatic heterocycles. The van der Waals surface area contributed by atoms with Crippen LogP contribution < -0.4 is 10.5 Å². The quantitative estimate of drug-likeness (QED) is 0.785. The first-order chi connectivity index (χ1) is 6.74. The molecular weight excluding hydrogens is 181 g/mol. The zero-order valence-corrected chi connectivity index (χ0v) is 8.22. The van der Waals surface area contributed by atoms with Gasteiger partial charge in [-0.1, -0.05) is 0 Å². The van der Waals surface area contributed by atoms with Crippen LogP contribution in [0.25, 0.3) is 0 Å². The van der Waals surface area contributed by atoms with Gasteiger partial charge in [0, 0.05) is 17.2 Å². The summed E-state index contributed by atoms with van der Waals surface area (Å²) in [6.45, 7) is 2.53. The smallest absolute Gasteiger partial charge is 0.128 e. The molecule has 0 spiro atoms. The van der Waals surface area contributed by atoms with Crippen LogP contribution in [0.2, 0.25) is 0 Å². The Kier molecular flexibility index (Phi) is 2.42. The summed E-state index contributed by atoms with van der Waals surface area (Å²) in [4.78, 5) is 0. The van der Waals surface area contributed by atoms with Crippen molar-refractivity contribution in [1.29, 1.82) is 0 Å². The van der Waals surface area contributed by atoms with E-state index >= 15 is 0 Å². The van der Waals surface area contributed by atoms with Crippen LogP contribution in [0.1, 0.15) is 30.5 Å². The number of hydrogen-bond acceptors (Lipinski definition) is 2. The molecule has 1 aromatic rings. The van der Waals surface area contributed by atoms with E-state index in [1.807, 2.05) is 6.92 Å². The van der Waals surface area contributed by atoms with Crippen molar-refractivity contribution in [1.82, 2.24) is 0 Å². The van der Waals surface area contributed by atoms with E-state index in [1.54, 1.807) is 6.07 Å². The van der Waals surface area contributed by atoms with Crippen molar-refractivity contribution in [2.24, 2.45) is 5.73 Å². The molecule has 0 bridgehead atoms. The van der Waals surface area contributed by atoms with Crippen LogP contribution in [0, 0.1) is 5.82 Å². The lowest BCUT2D eigenvalue weighted by atomic mass is 10.1. The fourth-order valence-electron chi connectivity index (χ4n) is 2.01. The molecule has 2 nitrogen and oxygen atoms in total. The number of rotatable bonds is 2. The standard InChI is InChI=1S/C11H14FNO/c1-2-14-10-6-4-8(12)11-7(10)3-5-9(11)13/h4,6,9H,2-3,5,13H2,1H3/t9-/m1/s1. The molecule has 0 fully saturated rings. The van der Waals surface area contributed by atoms with Gasteiger partial charge in [-0.15, -0.1) is 0 Å². The molecule has 0 aliphatic heterocycles. The second-order valence-electron chi connectivity index (χ2n) is 3.52. The summed E-state index contributed by atoms with van der Waals surface area (Å²) in [6.07, 6.45) is 1.64. The number of halogens is 1. The van der Waals surface area contributed by atoms with E-state index in [0.717, 1.165) is 24.2 Å². The second kappa shape index (κ2) is 3.58. The van der Waals surface area contributed by atoms with Gasteiger partial charge in [-0.25, -0.2) is 4.39 Å². The highest BCUT2D eigenvalue weighted by Crippen LogP contribution is 2.37. The highest BCUT2D eigenvalue weighted by molar-refractivity contribution is 5.45. The Labute approximate surface area is 82.9 Å². The third-order valence-corrected chi connectivity index (χ3v) is 2.64. The van der Waals surface area contributed by atoms with Crippen LogP contribution in [0.15, 0.2) is 12.1 Å². The van der Waals surface area contributed by atoms with E-state index in [1.165, 1.54) is 6.07 Å². The Morgan fingerprint density at radius 3 is 3.07 bits per heavy atom. The van der Waals surface area contributed by atoms with E-state index in [4.69, 9.17) is 10.5 Å². The minimum Gasteiger partial charge on any atom is -0.494 e. The molecule has 0 unspecified atom stereocenters. The maximum atomic E-state index is 13.4. The van der Waals surface area contributed by atoms with Gasteiger partial charge in [0.15, 0.2) is 0 Å². The molecule has 0 radical (unpaired) electrons. The van der Waals surface area contributed by atoms with Crippen LogP contribution >= 0.6 is 0 Å². The molecule has 14 heavy (non-hydrogen) atoms. The van der Waals surface area contributed by atoms with E-state index in [2.05, 4.69) is 0 Å². The first-order valence-corrected chi connectivity index (χ1v) is 4.93. The second-order valence-corrected chi connectivity index (χ2v) is 3.52. The monoisotopic (exact) mass is 195 g/mol. The van der Waals surface area contributed by atoms with Crippen LogP contribution in [-0.4, -0.2) is 6.61 Å². The van der Waals surface area contributed by atoms with Gasteiger partial charge in [-0.05, 0) is 31.9 Å². The lowest BCUT2D eigenvalue weighted by Gasteiger charge is -2.11. The summed E-state index contributed by atoms with van der Waals surface area (Å²) in [5.74, 6) is 0.588. The molecule has 0 saturated heterocycles. The van der Waals surface area contributed by atoms with Gasteiger partial charge in [0.05, 0.1) is 6.61 Å². The highest BCUT2D eigenvalue weighted by Gasteiger charge is 2.25. The van der Waals surface area contributed by atoms with E-state index in [9.17, 15) is 4.39 Å².